The Morgan fingerprint density at radius 3 is 2.42 bits per heavy atom. The number of carbonyl (C=O) groups excluding carboxylic acids is 1. The molecule has 0 aromatic heterocycles. The maximum atomic E-state index is 12.4. The van der Waals surface area contributed by atoms with Gasteiger partial charge in [-0.05, 0) is 81.8 Å². The highest BCUT2D eigenvalue weighted by Gasteiger charge is 2.17. The smallest absolute Gasteiger partial charge is 0.252 e. The van der Waals surface area contributed by atoms with Crippen molar-refractivity contribution in [1.29, 1.82) is 0 Å². The van der Waals surface area contributed by atoms with Crippen LogP contribution < -0.4 is 15.4 Å². The van der Waals surface area contributed by atoms with Gasteiger partial charge in [-0.25, -0.2) is 0 Å². The Balaban J connectivity index is 1.88. The molecule has 26 heavy (non-hydrogen) atoms. The van der Waals surface area contributed by atoms with Gasteiger partial charge in [0, 0.05) is 5.56 Å². The normalized spacial score (nSPS) is 15.3. The molecular formula is C20H32N2O4. The van der Waals surface area contributed by atoms with Crippen LogP contribution >= 0.6 is 0 Å². The number of amides is 1. The standard InChI is InChI=1S/C20H32N2O4/c1-14-10-18(26-9-3-4-16-5-7-21-8-6-16)11-15(2)19(14)20(25)22-17(12-23)13-24/h10-11,16-17,21,23-24H,3-9,12-13H2,1-2H3,(H,22,25). The van der Waals surface area contributed by atoms with Crippen LogP contribution in [0.5, 0.6) is 5.75 Å². The average molecular weight is 364 g/mol. The number of piperidine rings is 1. The zero-order valence-electron chi connectivity index (χ0n) is 15.9. The van der Waals surface area contributed by atoms with E-state index in [0.29, 0.717) is 12.2 Å². The average Bonchev–Trinajstić information content (AvgIpc) is 2.63. The van der Waals surface area contributed by atoms with Crippen molar-refractivity contribution in [2.24, 2.45) is 5.92 Å². The van der Waals surface area contributed by atoms with E-state index in [4.69, 9.17) is 14.9 Å². The second-order valence-corrected chi connectivity index (χ2v) is 7.15. The highest BCUT2D eigenvalue weighted by atomic mass is 16.5. The molecule has 1 aromatic rings. The van der Waals surface area contributed by atoms with Crippen molar-refractivity contribution in [3.8, 4) is 5.75 Å². The Morgan fingerprint density at radius 1 is 1.23 bits per heavy atom. The van der Waals surface area contributed by atoms with Crippen molar-refractivity contribution in [2.75, 3.05) is 32.9 Å². The van der Waals surface area contributed by atoms with E-state index in [1.54, 1.807) is 0 Å². The van der Waals surface area contributed by atoms with Gasteiger partial charge in [0.2, 0.25) is 0 Å². The fourth-order valence-corrected chi connectivity index (χ4v) is 3.50. The third-order valence-electron chi connectivity index (χ3n) is 4.99. The fraction of sp³-hybridized carbons (Fsp3) is 0.650. The number of aryl methyl sites for hydroxylation is 2. The molecule has 146 valence electrons. The second kappa shape index (κ2) is 10.5. The van der Waals surface area contributed by atoms with Gasteiger partial charge in [-0.2, -0.15) is 0 Å². The molecule has 0 atom stereocenters. The minimum Gasteiger partial charge on any atom is -0.494 e. The summed E-state index contributed by atoms with van der Waals surface area (Å²) in [5, 5.41) is 24.3. The summed E-state index contributed by atoms with van der Waals surface area (Å²) >= 11 is 0. The van der Waals surface area contributed by atoms with Crippen LogP contribution in [0, 0.1) is 19.8 Å². The van der Waals surface area contributed by atoms with E-state index >= 15 is 0 Å². The van der Waals surface area contributed by atoms with Crippen LogP contribution in [0.3, 0.4) is 0 Å². The predicted octanol–water partition coefficient (Wildman–Crippen LogP) is 1.55. The fourth-order valence-electron chi connectivity index (χ4n) is 3.50. The topological polar surface area (TPSA) is 90.8 Å². The van der Waals surface area contributed by atoms with E-state index in [-0.39, 0.29) is 19.1 Å². The molecule has 6 nitrogen and oxygen atoms in total. The molecule has 1 aromatic carbocycles. The van der Waals surface area contributed by atoms with Gasteiger partial charge < -0.3 is 25.6 Å². The van der Waals surface area contributed by atoms with Gasteiger partial charge in [0.15, 0.2) is 0 Å². The highest BCUT2D eigenvalue weighted by molar-refractivity contribution is 5.97. The summed E-state index contributed by atoms with van der Waals surface area (Å²) in [5.74, 6) is 1.30. The van der Waals surface area contributed by atoms with E-state index in [9.17, 15) is 4.79 Å². The number of carbonyl (C=O) groups is 1. The molecule has 1 saturated heterocycles. The lowest BCUT2D eigenvalue weighted by molar-refractivity contribution is 0.0878. The first kappa shape index (κ1) is 20.7. The van der Waals surface area contributed by atoms with Crippen molar-refractivity contribution in [1.82, 2.24) is 10.6 Å². The number of ether oxygens (including phenoxy) is 1. The Kier molecular flexibility index (Phi) is 8.35. The maximum Gasteiger partial charge on any atom is 0.252 e. The highest BCUT2D eigenvalue weighted by Crippen LogP contribution is 2.23. The molecule has 0 aliphatic carbocycles. The van der Waals surface area contributed by atoms with Crippen molar-refractivity contribution in [3.05, 3.63) is 28.8 Å². The number of aliphatic hydroxyl groups excluding tert-OH is 2. The zero-order valence-corrected chi connectivity index (χ0v) is 15.9. The number of hydrogen-bond donors (Lipinski definition) is 4. The summed E-state index contributed by atoms with van der Waals surface area (Å²) < 4.78 is 5.89. The lowest BCUT2D eigenvalue weighted by atomic mass is 9.93. The van der Waals surface area contributed by atoms with Gasteiger partial charge in [-0.1, -0.05) is 0 Å². The minimum absolute atomic E-state index is 0.287. The van der Waals surface area contributed by atoms with Crippen LogP contribution in [0.4, 0.5) is 0 Å². The third-order valence-corrected chi connectivity index (χ3v) is 4.99. The van der Waals surface area contributed by atoms with E-state index in [1.807, 2.05) is 26.0 Å². The number of nitrogens with one attached hydrogen (secondary N) is 2. The molecule has 4 N–H and O–H groups in total. The summed E-state index contributed by atoms with van der Waals surface area (Å²) in [5.41, 5.74) is 2.22. The quantitative estimate of drug-likeness (QED) is 0.499. The monoisotopic (exact) mass is 364 g/mol. The van der Waals surface area contributed by atoms with Crippen molar-refractivity contribution < 1.29 is 19.7 Å². The molecule has 1 amide bonds. The summed E-state index contributed by atoms with van der Waals surface area (Å²) in [6.07, 6.45) is 4.75. The zero-order chi connectivity index (χ0) is 18.9. The van der Waals surface area contributed by atoms with Crippen LogP contribution in [0.25, 0.3) is 0 Å². The molecule has 1 aliphatic heterocycles. The summed E-state index contributed by atoms with van der Waals surface area (Å²) in [4.78, 5) is 12.4. The van der Waals surface area contributed by atoms with Crippen LogP contribution in [0.15, 0.2) is 12.1 Å². The Labute approximate surface area is 155 Å². The summed E-state index contributed by atoms with van der Waals surface area (Å²) in [6.45, 7) is 6.09. The van der Waals surface area contributed by atoms with Crippen LogP contribution in [-0.4, -0.2) is 55.1 Å². The molecule has 0 saturated carbocycles. The molecular weight excluding hydrogens is 332 g/mol. The lowest BCUT2D eigenvalue weighted by Gasteiger charge is -2.22. The van der Waals surface area contributed by atoms with E-state index in [1.165, 1.54) is 19.3 Å². The number of rotatable bonds is 9. The van der Waals surface area contributed by atoms with Crippen molar-refractivity contribution in [2.45, 2.75) is 45.6 Å². The van der Waals surface area contributed by atoms with Crippen molar-refractivity contribution >= 4 is 5.91 Å². The predicted molar refractivity (Wildman–Crippen MR) is 102 cm³/mol. The van der Waals surface area contributed by atoms with Gasteiger partial charge >= 0.3 is 0 Å². The molecule has 1 aliphatic rings. The molecule has 1 heterocycles. The number of aliphatic hydroxyl groups is 2. The third kappa shape index (κ3) is 5.97. The first-order chi connectivity index (χ1) is 12.5. The lowest BCUT2D eigenvalue weighted by Crippen LogP contribution is -2.40. The SMILES string of the molecule is Cc1cc(OCCCC2CCNCC2)cc(C)c1C(=O)NC(CO)CO. The van der Waals surface area contributed by atoms with Crippen molar-refractivity contribution in [3.63, 3.8) is 0 Å². The van der Waals surface area contributed by atoms with Crippen LogP contribution in [-0.2, 0) is 0 Å². The Bertz CT molecular complexity index is 558. The van der Waals surface area contributed by atoms with Gasteiger partial charge in [0.05, 0.1) is 25.9 Å². The Morgan fingerprint density at radius 2 is 1.85 bits per heavy atom. The van der Waals surface area contributed by atoms with E-state index < -0.39 is 6.04 Å². The van der Waals surface area contributed by atoms with E-state index in [2.05, 4.69) is 10.6 Å². The second-order valence-electron chi connectivity index (χ2n) is 7.15. The molecule has 0 bridgehead atoms. The van der Waals surface area contributed by atoms with Gasteiger partial charge in [-0.15, -0.1) is 0 Å². The molecule has 2 rings (SSSR count). The maximum absolute atomic E-state index is 12.4. The Hall–Kier alpha value is -1.63. The van der Waals surface area contributed by atoms with Gasteiger partial charge in [0.25, 0.3) is 5.91 Å². The number of hydrogen-bond acceptors (Lipinski definition) is 5. The molecule has 1 fully saturated rings. The molecule has 6 heteroatoms. The minimum atomic E-state index is -0.646. The van der Waals surface area contributed by atoms with Gasteiger partial charge in [0.1, 0.15) is 5.75 Å². The summed E-state index contributed by atoms with van der Waals surface area (Å²) in [6, 6.07) is 3.10. The van der Waals surface area contributed by atoms with Crippen LogP contribution in [0.1, 0.15) is 47.2 Å². The first-order valence-corrected chi connectivity index (χ1v) is 9.52. The first-order valence-electron chi connectivity index (χ1n) is 9.52. The molecule has 0 spiro atoms. The van der Waals surface area contributed by atoms with Gasteiger partial charge in [-0.3, -0.25) is 4.79 Å². The van der Waals surface area contributed by atoms with Crippen LogP contribution in [0.2, 0.25) is 0 Å². The largest absolute Gasteiger partial charge is 0.494 e. The molecule has 0 radical (unpaired) electrons. The number of benzene rings is 1. The molecule has 0 unspecified atom stereocenters. The van der Waals surface area contributed by atoms with E-state index in [0.717, 1.165) is 42.3 Å². The summed E-state index contributed by atoms with van der Waals surface area (Å²) in [7, 11) is 0.